The van der Waals surface area contributed by atoms with Gasteiger partial charge in [0.2, 0.25) is 5.91 Å². The third kappa shape index (κ3) is 4.06. The number of aryl methyl sites for hydroxylation is 2. The van der Waals surface area contributed by atoms with E-state index in [1.54, 1.807) is 4.68 Å². The van der Waals surface area contributed by atoms with Crippen LogP contribution in [0.4, 0.5) is 5.69 Å². The highest BCUT2D eigenvalue weighted by atomic mass is 16.2. The molecule has 0 spiro atoms. The van der Waals surface area contributed by atoms with Crippen LogP contribution in [0.3, 0.4) is 0 Å². The average molecular weight is 361 g/mol. The van der Waals surface area contributed by atoms with Gasteiger partial charge in [-0.25, -0.2) is 9.67 Å². The van der Waals surface area contributed by atoms with Crippen molar-refractivity contribution in [1.29, 1.82) is 0 Å². The van der Waals surface area contributed by atoms with Gasteiger partial charge in [0.1, 0.15) is 18.2 Å². The molecule has 1 aliphatic heterocycles. The fourth-order valence-electron chi connectivity index (χ4n) is 3.54. The van der Waals surface area contributed by atoms with Gasteiger partial charge in [-0.15, -0.1) is 0 Å². The summed E-state index contributed by atoms with van der Waals surface area (Å²) < 4.78 is 1.62. The third-order valence-electron chi connectivity index (χ3n) is 4.78. The minimum Gasteiger partial charge on any atom is -0.324 e. The molecule has 3 aromatic rings. The second-order valence-electron chi connectivity index (χ2n) is 7.03. The summed E-state index contributed by atoms with van der Waals surface area (Å²) in [5, 5.41) is 7.21. The predicted octanol–water partition coefficient (Wildman–Crippen LogP) is 3.05. The van der Waals surface area contributed by atoms with Gasteiger partial charge in [0.25, 0.3) is 0 Å². The quantitative estimate of drug-likeness (QED) is 0.759. The summed E-state index contributed by atoms with van der Waals surface area (Å²) in [6.45, 7) is 6.62. The van der Waals surface area contributed by atoms with E-state index in [4.69, 9.17) is 0 Å². The zero-order valence-corrected chi connectivity index (χ0v) is 15.6. The minimum atomic E-state index is -0.0953. The number of rotatable bonds is 5. The number of nitrogens with one attached hydrogen (secondary N) is 1. The van der Waals surface area contributed by atoms with Gasteiger partial charge < -0.3 is 5.32 Å². The van der Waals surface area contributed by atoms with Crippen molar-refractivity contribution in [3.8, 4) is 0 Å². The van der Waals surface area contributed by atoms with Gasteiger partial charge in [0, 0.05) is 25.3 Å². The first kappa shape index (κ1) is 17.4. The Balaban J connectivity index is 1.39. The minimum absolute atomic E-state index is 0.0953. The number of hydrogen-bond donors (Lipinski definition) is 1. The summed E-state index contributed by atoms with van der Waals surface area (Å²) in [6.07, 6.45) is 0. The zero-order chi connectivity index (χ0) is 18.8. The molecular weight excluding hydrogens is 338 g/mol. The second kappa shape index (κ2) is 7.32. The summed E-state index contributed by atoms with van der Waals surface area (Å²) in [6, 6.07) is 16.7. The number of aromatic nitrogens is 3. The first-order valence-electron chi connectivity index (χ1n) is 9.13. The van der Waals surface area contributed by atoms with Crippen molar-refractivity contribution in [2.45, 2.75) is 40.0 Å². The molecule has 2 aromatic carbocycles. The molecule has 1 N–H and O–H groups in total. The lowest BCUT2D eigenvalue weighted by atomic mass is 10.1. The van der Waals surface area contributed by atoms with Crippen LogP contribution in [0.5, 0.6) is 0 Å². The molecule has 0 saturated carbocycles. The van der Waals surface area contributed by atoms with E-state index < -0.39 is 0 Å². The van der Waals surface area contributed by atoms with Crippen LogP contribution in [0.25, 0.3) is 0 Å². The van der Waals surface area contributed by atoms with Crippen LogP contribution in [0.2, 0.25) is 0 Å². The van der Waals surface area contributed by atoms with Crippen molar-refractivity contribution in [2.24, 2.45) is 0 Å². The van der Waals surface area contributed by atoms with E-state index in [1.165, 1.54) is 16.7 Å². The number of carbonyl (C=O) groups excluding carboxylic acids is 1. The standard InChI is InChI=1S/C21H23N5O/c1-15-22-16(2)26(24-15)14-21(27)23-20-9-8-18-12-25(13-19(18)10-20)11-17-6-4-3-5-7-17/h3-10H,11-14H2,1-2H3,(H,23,27). The van der Waals surface area contributed by atoms with Gasteiger partial charge in [-0.1, -0.05) is 36.4 Å². The van der Waals surface area contributed by atoms with E-state index in [9.17, 15) is 4.79 Å². The third-order valence-corrected chi connectivity index (χ3v) is 4.78. The molecular formula is C21H23N5O. The number of benzene rings is 2. The second-order valence-corrected chi connectivity index (χ2v) is 7.03. The van der Waals surface area contributed by atoms with Crippen LogP contribution < -0.4 is 5.32 Å². The summed E-state index contributed by atoms with van der Waals surface area (Å²) >= 11 is 0. The molecule has 1 aliphatic rings. The summed E-state index contributed by atoms with van der Waals surface area (Å²) in [4.78, 5) is 19.0. The molecule has 0 unspecified atom stereocenters. The monoisotopic (exact) mass is 361 g/mol. The maximum Gasteiger partial charge on any atom is 0.246 e. The Hall–Kier alpha value is -2.99. The van der Waals surface area contributed by atoms with Crippen molar-refractivity contribution in [2.75, 3.05) is 5.32 Å². The smallest absolute Gasteiger partial charge is 0.246 e. The molecule has 0 saturated heterocycles. The van der Waals surface area contributed by atoms with Gasteiger partial charge in [0.05, 0.1) is 0 Å². The maximum absolute atomic E-state index is 12.3. The van der Waals surface area contributed by atoms with E-state index in [2.05, 4.69) is 56.7 Å². The molecule has 4 rings (SSSR count). The highest BCUT2D eigenvalue weighted by Crippen LogP contribution is 2.27. The molecule has 0 aliphatic carbocycles. The van der Waals surface area contributed by atoms with Crippen molar-refractivity contribution >= 4 is 11.6 Å². The van der Waals surface area contributed by atoms with Crippen LogP contribution in [-0.4, -0.2) is 25.6 Å². The Labute approximate surface area is 158 Å². The Morgan fingerprint density at radius 3 is 2.59 bits per heavy atom. The molecule has 2 heterocycles. The van der Waals surface area contributed by atoms with Crippen molar-refractivity contribution in [1.82, 2.24) is 19.7 Å². The predicted molar refractivity (Wildman–Crippen MR) is 104 cm³/mol. The van der Waals surface area contributed by atoms with Gasteiger partial charge in [-0.05, 0) is 42.7 Å². The SMILES string of the molecule is Cc1nc(C)n(CC(=O)Nc2ccc3c(c2)CN(Cc2ccccc2)C3)n1. The number of hydrogen-bond acceptors (Lipinski definition) is 4. The number of fused-ring (bicyclic) bond motifs is 1. The van der Waals surface area contributed by atoms with Crippen LogP contribution >= 0.6 is 0 Å². The molecule has 138 valence electrons. The molecule has 1 aromatic heterocycles. The fraction of sp³-hybridized carbons (Fsp3) is 0.286. The van der Waals surface area contributed by atoms with Crippen LogP contribution in [0, 0.1) is 13.8 Å². The van der Waals surface area contributed by atoms with E-state index in [-0.39, 0.29) is 12.5 Å². The Morgan fingerprint density at radius 2 is 1.85 bits per heavy atom. The number of carbonyl (C=O) groups is 1. The molecule has 0 fully saturated rings. The van der Waals surface area contributed by atoms with E-state index in [0.29, 0.717) is 5.82 Å². The zero-order valence-electron chi connectivity index (χ0n) is 15.6. The molecule has 0 radical (unpaired) electrons. The van der Waals surface area contributed by atoms with Crippen LogP contribution in [0.1, 0.15) is 28.3 Å². The van der Waals surface area contributed by atoms with Gasteiger partial charge >= 0.3 is 0 Å². The van der Waals surface area contributed by atoms with Gasteiger partial charge in [-0.3, -0.25) is 9.69 Å². The molecule has 0 atom stereocenters. The van der Waals surface area contributed by atoms with E-state index in [0.717, 1.165) is 31.1 Å². The maximum atomic E-state index is 12.3. The summed E-state index contributed by atoms with van der Waals surface area (Å²) in [5.41, 5.74) is 4.75. The molecule has 1 amide bonds. The lowest BCUT2D eigenvalue weighted by molar-refractivity contribution is -0.116. The fourth-order valence-corrected chi connectivity index (χ4v) is 3.54. The molecule has 27 heavy (non-hydrogen) atoms. The van der Waals surface area contributed by atoms with Gasteiger partial charge in [0.15, 0.2) is 0 Å². The van der Waals surface area contributed by atoms with Crippen LogP contribution in [-0.2, 0) is 31.0 Å². The summed E-state index contributed by atoms with van der Waals surface area (Å²) in [5.74, 6) is 1.33. The number of anilines is 1. The number of amides is 1. The Kier molecular flexibility index (Phi) is 4.73. The Bertz CT molecular complexity index is 964. The average Bonchev–Trinajstić information content (AvgIpc) is 3.17. The van der Waals surface area contributed by atoms with Crippen molar-refractivity contribution in [3.05, 3.63) is 76.9 Å². The van der Waals surface area contributed by atoms with Crippen molar-refractivity contribution in [3.63, 3.8) is 0 Å². The van der Waals surface area contributed by atoms with E-state index >= 15 is 0 Å². The lowest BCUT2D eigenvalue weighted by Crippen LogP contribution is -2.20. The summed E-state index contributed by atoms with van der Waals surface area (Å²) in [7, 11) is 0. The highest BCUT2D eigenvalue weighted by molar-refractivity contribution is 5.90. The van der Waals surface area contributed by atoms with Gasteiger partial charge in [-0.2, -0.15) is 5.10 Å². The van der Waals surface area contributed by atoms with E-state index in [1.807, 2.05) is 26.0 Å². The van der Waals surface area contributed by atoms with Crippen LogP contribution in [0.15, 0.2) is 48.5 Å². The first-order valence-corrected chi connectivity index (χ1v) is 9.13. The highest BCUT2D eigenvalue weighted by Gasteiger charge is 2.19. The number of nitrogens with zero attached hydrogens (tertiary/aromatic N) is 4. The Morgan fingerprint density at radius 1 is 1.07 bits per heavy atom. The molecule has 6 heteroatoms. The molecule has 6 nitrogen and oxygen atoms in total. The largest absolute Gasteiger partial charge is 0.324 e. The lowest BCUT2D eigenvalue weighted by Gasteiger charge is -2.14. The van der Waals surface area contributed by atoms with Crippen molar-refractivity contribution < 1.29 is 4.79 Å². The molecule has 0 bridgehead atoms. The normalized spacial score (nSPS) is 13.6. The topological polar surface area (TPSA) is 63.1 Å². The first-order chi connectivity index (χ1) is 13.1.